The molecule has 1 aliphatic rings. The number of anilines is 2. The molecule has 1 heterocycles. The van der Waals surface area contributed by atoms with Gasteiger partial charge in [0.1, 0.15) is 0 Å². The van der Waals surface area contributed by atoms with Gasteiger partial charge >= 0.3 is 0 Å². The fourth-order valence-electron chi connectivity index (χ4n) is 2.33. The van der Waals surface area contributed by atoms with E-state index in [4.69, 9.17) is 10.5 Å². The zero-order valence-electron chi connectivity index (χ0n) is 12.2. The second-order valence-electron chi connectivity index (χ2n) is 5.77. The van der Waals surface area contributed by atoms with Gasteiger partial charge in [-0.05, 0) is 38.1 Å². The highest BCUT2D eigenvalue weighted by Gasteiger charge is 2.30. The zero-order chi connectivity index (χ0) is 14.6. The molecule has 0 unspecified atom stereocenters. The molecule has 5 nitrogen and oxygen atoms in total. The Kier molecular flexibility index (Phi) is 4.62. The van der Waals surface area contributed by atoms with Crippen molar-refractivity contribution in [2.24, 2.45) is 0 Å². The van der Waals surface area contributed by atoms with E-state index in [1.807, 2.05) is 12.1 Å². The number of benzene rings is 1. The Morgan fingerprint density at radius 3 is 2.75 bits per heavy atom. The number of nitrogens with one attached hydrogen (secondary N) is 1. The molecule has 1 fully saturated rings. The molecule has 1 aromatic carbocycles. The Labute approximate surface area is 120 Å². The average molecular weight is 277 g/mol. The molecule has 0 radical (unpaired) electrons. The first kappa shape index (κ1) is 14.8. The van der Waals surface area contributed by atoms with Gasteiger partial charge in [-0.2, -0.15) is 0 Å². The summed E-state index contributed by atoms with van der Waals surface area (Å²) in [5.74, 6) is 0.0251. The topological polar surface area (TPSA) is 67.6 Å². The number of hydrogen-bond acceptors (Lipinski definition) is 4. The van der Waals surface area contributed by atoms with Crippen LogP contribution in [0.15, 0.2) is 24.3 Å². The van der Waals surface area contributed by atoms with Gasteiger partial charge in [0.15, 0.2) is 0 Å². The number of amides is 1. The lowest BCUT2D eigenvalue weighted by Crippen LogP contribution is -2.53. The first-order chi connectivity index (χ1) is 9.47. The third-order valence-electron chi connectivity index (χ3n) is 3.62. The molecule has 0 aromatic heterocycles. The minimum atomic E-state index is -0.000270. The van der Waals surface area contributed by atoms with Gasteiger partial charge in [0.05, 0.1) is 13.2 Å². The molecule has 2 rings (SSSR count). The fourth-order valence-corrected chi connectivity index (χ4v) is 2.33. The van der Waals surface area contributed by atoms with Crippen molar-refractivity contribution in [1.82, 2.24) is 4.90 Å². The second kappa shape index (κ2) is 6.24. The van der Waals surface area contributed by atoms with E-state index in [2.05, 4.69) is 24.1 Å². The summed E-state index contributed by atoms with van der Waals surface area (Å²) in [6, 6.07) is 7.18. The molecule has 0 spiro atoms. The van der Waals surface area contributed by atoms with Crippen LogP contribution in [0, 0.1) is 0 Å². The summed E-state index contributed by atoms with van der Waals surface area (Å²) in [5.41, 5.74) is 7.09. The average Bonchev–Trinajstić information content (AvgIpc) is 2.40. The smallest absolute Gasteiger partial charge is 0.225 e. The minimum absolute atomic E-state index is 0.000270. The van der Waals surface area contributed by atoms with Crippen LogP contribution in [0.25, 0.3) is 0 Å². The Morgan fingerprint density at radius 1 is 1.40 bits per heavy atom. The van der Waals surface area contributed by atoms with Crippen molar-refractivity contribution in [1.29, 1.82) is 0 Å². The van der Waals surface area contributed by atoms with E-state index < -0.39 is 0 Å². The van der Waals surface area contributed by atoms with Gasteiger partial charge < -0.3 is 15.8 Å². The lowest BCUT2D eigenvalue weighted by Gasteiger charge is -2.42. The lowest BCUT2D eigenvalue weighted by atomic mass is 10.0. The van der Waals surface area contributed by atoms with E-state index in [1.165, 1.54) is 0 Å². The van der Waals surface area contributed by atoms with Crippen molar-refractivity contribution in [2.75, 3.05) is 37.4 Å². The van der Waals surface area contributed by atoms with Crippen LogP contribution >= 0.6 is 0 Å². The van der Waals surface area contributed by atoms with Crippen LogP contribution in [0.4, 0.5) is 11.4 Å². The Bertz CT molecular complexity index is 457. The molecule has 0 saturated carbocycles. The number of nitrogens with two attached hydrogens (primary N) is 1. The van der Waals surface area contributed by atoms with Gasteiger partial charge in [-0.15, -0.1) is 0 Å². The number of carbonyl (C=O) groups is 1. The summed E-state index contributed by atoms with van der Waals surface area (Å²) >= 11 is 0. The molecule has 3 N–H and O–H groups in total. The predicted octanol–water partition coefficient (Wildman–Crippen LogP) is 1.71. The third kappa shape index (κ3) is 3.95. The van der Waals surface area contributed by atoms with Crippen LogP contribution in [-0.2, 0) is 9.53 Å². The van der Waals surface area contributed by atoms with E-state index in [0.717, 1.165) is 25.4 Å². The zero-order valence-corrected chi connectivity index (χ0v) is 12.2. The highest BCUT2D eigenvalue weighted by atomic mass is 16.5. The molecule has 0 atom stereocenters. The third-order valence-corrected chi connectivity index (χ3v) is 3.62. The van der Waals surface area contributed by atoms with Crippen molar-refractivity contribution in [3.8, 4) is 0 Å². The van der Waals surface area contributed by atoms with Gasteiger partial charge in [-0.25, -0.2) is 0 Å². The highest BCUT2D eigenvalue weighted by molar-refractivity contribution is 5.90. The Hall–Kier alpha value is -1.59. The molecule has 0 bridgehead atoms. The number of carbonyl (C=O) groups excluding carboxylic acids is 1. The number of nitrogen functional groups attached to an aromatic ring is 1. The van der Waals surface area contributed by atoms with E-state index in [9.17, 15) is 4.79 Å². The molecular weight excluding hydrogens is 254 g/mol. The SMILES string of the molecule is CC1(C)COCCN1CCC(=O)Nc1ccc(N)cc1. The number of nitrogens with zero attached hydrogens (tertiary/aromatic N) is 1. The first-order valence-electron chi connectivity index (χ1n) is 6.95. The normalized spacial score (nSPS) is 18.7. The molecular formula is C15H23N3O2. The quantitative estimate of drug-likeness (QED) is 0.822. The van der Waals surface area contributed by atoms with Gasteiger partial charge in [0.25, 0.3) is 0 Å². The molecule has 20 heavy (non-hydrogen) atoms. The van der Waals surface area contributed by atoms with Gasteiger partial charge in [0.2, 0.25) is 5.91 Å². The first-order valence-corrected chi connectivity index (χ1v) is 6.95. The standard InChI is InChI=1S/C15H23N3O2/c1-15(2)11-20-10-9-18(15)8-7-14(19)17-13-5-3-12(16)4-6-13/h3-6H,7-11,16H2,1-2H3,(H,17,19). The number of rotatable bonds is 4. The summed E-state index contributed by atoms with van der Waals surface area (Å²) in [7, 11) is 0. The van der Waals surface area contributed by atoms with Crippen molar-refractivity contribution >= 4 is 17.3 Å². The van der Waals surface area contributed by atoms with Gasteiger partial charge in [0, 0.05) is 36.4 Å². The van der Waals surface area contributed by atoms with Crippen LogP contribution in [0.2, 0.25) is 0 Å². The molecule has 5 heteroatoms. The maximum atomic E-state index is 12.0. The molecule has 110 valence electrons. The summed E-state index contributed by atoms with van der Waals surface area (Å²) in [6.45, 7) is 7.36. The Balaban J connectivity index is 1.81. The van der Waals surface area contributed by atoms with Crippen molar-refractivity contribution in [3.63, 3.8) is 0 Å². The van der Waals surface area contributed by atoms with Gasteiger partial charge in [-0.1, -0.05) is 0 Å². The maximum absolute atomic E-state index is 12.0. The minimum Gasteiger partial charge on any atom is -0.399 e. The van der Waals surface area contributed by atoms with E-state index in [1.54, 1.807) is 12.1 Å². The van der Waals surface area contributed by atoms with Crippen molar-refractivity contribution in [3.05, 3.63) is 24.3 Å². The van der Waals surface area contributed by atoms with Crippen LogP contribution in [0.3, 0.4) is 0 Å². The van der Waals surface area contributed by atoms with E-state index >= 15 is 0 Å². The summed E-state index contributed by atoms with van der Waals surface area (Å²) in [5, 5.41) is 2.88. The largest absolute Gasteiger partial charge is 0.399 e. The molecule has 1 aromatic rings. The van der Waals surface area contributed by atoms with E-state index in [-0.39, 0.29) is 11.4 Å². The summed E-state index contributed by atoms with van der Waals surface area (Å²) < 4.78 is 5.47. The van der Waals surface area contributed by atoms with Crippen LogP contribution < -0.4 is 11.1 Å². The molecule has 1 aliphatic heterocycles. The fraction of sp³-hybridized carbons (Fsp3) is 0.533. The molecule has 1 saturated heterocycles. The van der Waals surface area contributed by atoms with E-state index in [0.29, 0.717) is 18.7 Å². The summed E-state index contributed by atoms with van der Waals surface area (Å²) in [6.07, 6.45) is 0.480. The van der Waals surface area contributed by atoms with Crippen LogP contribution in [-0.4, -0.2) is 42.6 Å². The lowest BCUT2D eigenvalue weighted by molar-refractivity contribution is -0.117. The Morgan fingerprint density at radius 2 is 2.10 bits per heavy atom. The van der Waals surface area contributed by atoms with Crippen LogP contribution in [0.5, 0.6) is 0 Å². The number of morpholine rings is 1. The second-order valence-corrected chi connectivity index (χ2v) is 5.77. The highest BCUT2D eigenvalue weighted by Crippen LogP contribution is 2.19. The number of hydrogen-bond donors (Lipinski definition) is 2. The summed E-state index contributed by atoms with van der Waals surface area (Å²) in [4.78, 5) is 14.3. The van der Waals surface area contributed by atoms with Crippen LogP contribution in [0.1, 0.15) is 20.3 Å². The van der Waals surface area contributed by atoms with Gasteiger partial charge in [-0.3, -0.25) is 9.69 Å². The molecule has 1 amide bonds. The molecule has 0 aliphatic carbocycles. The van der Waals surface area contributed by atoms with Crippen molar-refractivity contribution in [2.45, 2.75) is 25.8 Å². The predicted molar refractivity (Wildman–Crippen MR) is 80.6 cm³/mol. The van der Waals surface area contributed by atoms with Crippen molar-refractivity contribution < 1.29 is 9.53 Å². The monoisotopic (exact) mass is 277 g/mol. The maximum Gasteiger partial charge on any atom is 0.225 e. The number of ether oxygens (including phenoxy) is 1.